The van der Waals surface area contributed by atoms with Gasteiger partial charge >= 0.3 is 6.09 Å². The zero-order valence-electron chi connectivity index (χ0n) is 16.5. The monoisotopic (exact) mass is 418 g/mol. The van der Waals surface area contributed by atoms with Crippen LogP contribution in [0.25, 0.3) is 11.1 Å². The predicted octanol–water partition coefficient (Wildman–Crippen LogP) is 1.04. The quantitative estimate of drug-likeness (QED) is 0.366. The van der Waals surface area contributed by atoms with Crippen LogP contribution in [-0.4, -0.2) is 61.5 Å². The Kier molecular flexibility index (Phi) is 7.09. The molecule has 0 unspecified atom stereocenters. The number of hydrogen-bond acceptors (Lipinski definition) is 7. The fourth-order valence-electron chi connectivity index (χ4n) is 2.82. The van der Waals surface area contributed by atoms with Gasteiger partial charge in [-0.05, 0) is 0 Å². The molecule has 1 aromatic heterocycles. The van der Waals surface area contributed by atoms with Gasteiger partial charge in [-0.25, -0.2) is 19.2 Å². The zero-order chi connectivity index (χ0) is 21.5. The summed E-state index contributed by atoms with van der Waals surface area (Å²) in [4.78, 5) is 25.2. The van der Waals surface area contributed by atoms with Crippen molar-refractivity contribution in [2.24, 2.45) is 16.5 Å². The summed E-state index contributed by atoms with van der Waals surface area (Å²) in [5, 5.41) is 0. The van der Waals surface area contributed by atoms with Crippen molar-refractivity contribution in [2.45, 2.75) is 12.7 Å². The number of aromatic nitrogens is 2. The first-order chi connectivity index (χ1) is 14.5. The highest BCUT2D eigenvalue weighted by Gasteiger charge is 2.29. The Hall–Kier alpha value is -3.31. The zero-order valence-corrected chi connectivity index (χ0v) is 16.5. The van der Waals surface area contributed by atoms with Crippen LogP contribution in [0, 0.1) is 5.82 Å². The number of ether oxygens (including phenoxy) is 3. The minimum absolute atomic E-state index is 0.124. The summed E-state index contributed by atoms with van der Waals surface area (Å²) in [6.45, 7) is 2.17. The van der Waals surface area contributed by atoms with Crippen LogP contribution in [0.2, 0.25) is 0 Å². The first-order valence-electron chi connectivity index (χ1n) is 9.19. The number of carbonyl (C=O) groups excluding carboxylic acids is 1. The lowest BCUT2D eigenvalue weighted by molar-refractivity contribution is 0.00350. The Bertz CT molecular complexity index is 898. The third kappa shape index (κ3) is 5.39. The van der Waals surface area contributed by atoms with Crippen LogP contribution < -0.4 is 16.4 Å². The van der Waals surface area contributed by atoms with E-state index in [4.69, 9.17) is 25.7 Å². The molecular weight excluding hydrogens is 395 g/mol. The number of methoxy groups -OCH3 is 1. The van der Waals surface area contributed by atoms with Gasteiger partial charge in [0.05, 0.1) is 19.3 Å². The predicted molar refractivity (Wildman–Crippen MR) is 107 cm³/mol. The number of amides is 1. The number of benzene rings is 1. The van der Waals surface area contributed by atoms with Crippen LogP contribution in [-0.2, 0) is 20.8 Å². The van der Waals surface area contributed by atoms with Crippen LogP contribution >= 0.6 is 0 Å². The third-order valence-corrected chi connectivity index (χ3v) is 4.37. The lowest BCUT2D eigenvalue weighted by Gasteiger charge is -2.38. The molecule has 160 valence electrons. The van der Waals surface area contributed by atoms with Crippen LogP contribution in [0.3, 0.4) is 0 Å². The highest BCUT2D eigenvalue weighted by molar-refractivity contribution is 5.87. The summed E-state index contributed by atoms with van der Waals surface area (Å²) in [6.07, 6.45) is 2.23. The molecule has 0 bridgehead atoms. The molecule has 1 saturated heterocycles. The number of guanidine groups is 1. The number of hydrogen-bond donors (Lipinski definition) is 2. The standard InChI is InChI=1S/C19H23FN6O4/c1-28-5-6-29-14-9-26(10-14)18-23-7-13(8-24-18)15-4-2-3-12(16(15)20)11-30-19(27)25-17(21)22/h2-4,7-8,14H,5-6,9-11H2,1H3,(H4,21,22,25,27). The molecule has 4 N–H and O–H groups in total. The minimum Gasteiger partial charge on any atom is -0.443 e. The molecule has 0 radical (unpaired) electrons. The average molecular weight is 418 g/mol. The summed E-state index contributed by atoms with van der Waals surface area (Å²) < 4.78 is 30.3. The van der Waals surface area contributed by atoms with E-state index in [0.29, 0.717) is 43.4 Å². The molecule has 3 rings (SSSR count). The molecule has 11 heteroatoms. The second-order valence-electron chi connectivity index (χ2n) is 6.53. The molecule has 1 amide bonds. The number of anilines is 1. The molecule has 0 atom stereocenters. The number of nitrogens with two attached hydrogens (primary N) is 2. The third-order valence-electron chi connectivity index (χ3n) is 4.37. The normalized spacial score (nSPS) is 13.6. The molecule has 2 aromatic rings. The number of nitrogens with zero attached hydrogens (tertiary/aromatic N) is 4. The largest absolute Gasteiger partial charge is 0.443 e. The maximum absolute atomic E-state index is 14.8. The van der Waals surface area contributed by atoms with Crippen LogP contribution in [0.4, 0.5) is 15.1 Å². The van der Waals surface area contributed by atoms with Gasteiger partial charge in [0.1, 0.15) is 12.4 Å². The van der Waals surface area contributed by atoms with Crippen LogP contribution in [0.5, 0.6) is 0 Å². The summed E-state index contributed by atoms with van der Waals surface area (Å²) in [5.41, 5.74) is 11.2. The molecule has 0 saturated carbocycles. The van der Waals surface area contributed by atoms with Gasteiger partial charge in [0, 0.05) is 49.3 Å². The molecule has 1 fully saturated rings. The van der Waals surface area contributed by atoms with E-state index < -0.39 is 17.9 Å². The van der Waals surface area contributed by atoms with E-state index >= 15 is 0 Å². The lowest BCUT2D eigenvalue weighted by atomic mass is 10.1. The number of aliphatic imine (C=N–C) groups is 1. The summed E-state index contributed by atoms with van der Waals surface area (Å²) in [5.74, 6) is -0.420. The van der Waals surface area contributed by atoms with Crippen molar-refractivity contribution in [3.63, 3.8) is 0 Å². The fourth-order valence-corrected chi connectivity index (χ4v) is 2.82. The summed E-state index contributed by atoms with van der Waals surface area (Å²) >= 11 is 0. The lowest BCUT2D eigenvalue weighted by Crippen LogP contribution is -2.53. The first kappa shape index (κ1) is 21.4. The van der Waals surface area contributed by atoms with Gasteiger partial charge in [-0.1, -0.05) is 18.2 Å². The number of rotatable bonds is 8. The van der Waals surface area contributed by atoms with E-state index in [0.717, 1.165) is 0 Å². The molecular formula is C19H23FN6O4. The average Bonchev–Trinajstić information content (AvgIpc) is 2.69. The van der Waals surface area contributed by atoms with Crippen LogP contribution in [0.1, 0.15) is 5.56 Å². The van der Waals surface area contributed by atoms with Crippen molar-refractivity contribution < 1.29 is 23.4 Å². The van der Waals surface area contributed by atoms with E-state index in [-0.39, 0.29) is 18.3 Å². The summed E-state index contributed by atoms with van der Waals surface area (Å²) in [7, 11) is 1.63. The van der Waals surface area contributed by atoms with E-state index in [1.54, 1.807) is 31.6 Å². The molecule has 1 aliphatic rings. The van der Waals surface area contributed by atoms with E-state index in [1.165, 1.54) is 6.07 Å². The van der Waals surface area contributed by atoms with Gasteiger partial charge in [0.25, 0.3) is 0 Å². The molecule has 1 aliphatic heterocycles. The van der Waals surface area contributed by atoms with Crippen molar-refractivity contribution in [2.75, 3.05) is 38.3 Å². The van der Waals surface area contributed by atoms with Crippen molar-refractivity contribution in [3.05, 3.63) is 42.0 Å². The van der Waals surface area contributed by atoms with Crippen molar-refractivity contribution in [1.29, 1.82) is 0 Å². The van der Waals surface area contributed by atoms with E-state index in [1.807, 2.05) is 4.90 Å². The molecule has 0 spiro atoms. The minimum atomic E-state index is -0.994. The SMILES string of the molecule is COCCOC1CN(c2ncc(-c3cccc(COC(=O)N=C(N)N)c3F)cn2)C1. The Morgan fingerprint density at radius 3 is 2.67 bits per heavy atom. The van der Waals surface area contributed by atoms with E-state index in [2.05, 4.69) is 15.0 Å². The first-order valence-corrected chi connectivity index (χ1v) is 9.19. The van der Waals surface area contributed by atoms with Gasteiger partial charge < -0.3 is 30.6 Å². The van der Waals surface area contributed by atoms with E-state index in [9.17, 15) is 9.18 Å². The topological polar surface area (TPSA) is 138 Å². The molecule has 30 heavy (non-hydrogen) atoms. The Balaban J connectivity index is 1.61. The second-order valence-corrected chi connectivity index (χ2v) is 6.53. The number of carbonyl (C=O) groups is 1. The van der Waals surface area contributed by atoms with Crippen molar-refractivity contribution >= 4 is 18.0 Å². The van der Waals surface area contributed by atoms with Crippen LogP contribution in [0.15, 0.2) is 35.6 Å². The smallest absolute Gasteiger partial charge is 0.437 e. The van der Waals surface area contributed by atoms with Gasteiger partial charge in [-0.15, -0.1) is 4.99 Å². The Labute approximate surface area is 172 Å². The molecule has 2 heterocycles. The highest BCUT2D eigenvalue weighted by Crippen LogP contribution is 2.26. The van der Waals surface area contributed by atoms with Gasteiger partial charge in [-0.2, -0.15) is 0 Å². The molecule has 10 nitrogen and oxygen atoms in total. The fraction of sp³-hybridized carbons (Fsp3) is 0.368. The van der Waals surface area contributed by atoms with Gasteiger partial charge in [0.2, 0.25) is 5.95 Å². The maximum atomic E-state index is 14.8. The summed E-state index contributed by atoms with van der Waals surface area (Å²) in [6, 6.07) is 4.74. The van der Waals surface area contributed by atoms with Gasteiger partial charge in [-0.3, -0.25) is 0 Å². The number of halogens is 1. The van der Waals surface area contributed by atoms with Crippen molar-refractivity contribution in [1.82, 2.24) is 9.97 Å². The van der Waals surface area contributed by atoms with Gasteiger partial charge in [0.15, 0.2) is 5.96 Å². The Morgan fingerprint density at radius 1 is 1.27 bits per heavy atom. The highest BCUT2D eigenvalue weighted by atomic mass is 19.1. The molecule has 1 aromatic carbocycles. The maximum Gasteiger partial charge on any atom is 0.437 e. The second kappa shape index (κ2) is 9.94. The Morgan fingerprint density at radius 2 is 2.00 bits per heavy atom. The molecule has 0 aliphatic carbocycles. The van der Waals surface area contributed by atoms with Crippen molar-refractivity contribution in [3.8, 4) is 11.1 Å².